The van der Waals surface area contributed by atoms with Crippen molar-refractivity contribution in [1.29, 1.82) is 0 Å². The van der Waals surface area contributed by atoms with Crippen LogP contribution in [0.15, 0.2) is 23.8 Å². The zero-order chi connectivity index (χ0) is 19.5. The number of nitrogens with zero attached hydrogens (tertiary/aromatic N) is 2. The monoisotopic (exact) mass is 394 g/mol. The summed E-state index contributed by atoms with van der Waals surface area (Å²) >= 11 is 0. The van der Waals surface area contributed by atoms with Gasteiger partial charge in [0.2, 0.25) is 5.91 Å². The first kappa shape index (κ1) is 16.7. The van der Waals surface area contributed by atoms with Gasteiger partial charge in [0.15, 0.2) is 11.5 Å². The van der Waals surface area contributed by atoms with Gasteiger partial charge in [-0.1, -0.05) is 11.6 Å². The number of hydrogen-bond donors (Lipinski definition) is 0. The van der Waals surface area contributed by atoms with E-state index in [9.17, 15) is 4.79 Å². The highest BCUT2D eigenvalue weighted by atomic mass is 16.5. The summed E-state index contributed by atoms with van der Waals surface area (Å²) in [5.41, 5.74) is 3.85. The van der Waals surface area contributed by atoms with Gasteiger partial charge >= 0.3 is 0 Å². The Morgan fingerprint density at radius 2 is 2.03 bits per heavy atom. The molecule has 1 aliphatic carbocycles. The van der Waals surface area contributed by atoms with E-state index in [1.54, 1.807) is 19.8 Å². The van der Waals surface area contributed by atoms with Crippen LogP contribution < -0.4 is 14.4 Å². The molecule has 5 aliphatic heterocycles. The summed E-state index contributed by atoms with van der Waals surface area (Å²) in [6.45, 7) is 2.80. The van der Waals surface area contributed by atoms with Crippen molar-refractivity contribution in [2.75, 3.05) is 38.8 Å². The van der Waals surface area contributed by atoms with Crippen LogP contribution in [0.25, 0.3) is 0 Å². The van der Waals surface area contributed by atoms with Crippen LogP contribution in [0.1, 0.15) is 24.8 Å². The van der Waals surface area contributed by atoms with Crippen LogP contribution >= 0.6 is 0 Å². The molecule has 6 nitrogen and oxygen atoms in total. The van der Waals surface area contributed by atoms with Crippen LogP contribution in [0.3, 0.4) is 0 Å². The Balaban J connectivity index is 1.52. The van der Waals surface area contributed by atoms with Crippen molar-refractivity contribution in [3.8, 4) is 11.5 Å². The molecule has 1 aromatic carbocycles. The highest BCUT2D eigenvalue weighted by molar-refractivity contribution is 5.99. The molecule has 1 spiro atoms. The van der Waals surface area contributed by atoms with Gasteiger partial charge in [-0.2, -0.15) is 0 Å². The van der Waals surface area contributed by atoms with Gasteiger partial charge in [0.1, 0.15) is 0 Å². The van der Waals surface area contributed by atoms with Crippen LogP contribution in [0.5, 0.6) is 11.5 Å². The predicted molar refractivity (Wildman–Crippen MR) is 107 cm³/mol. The topological polar surface area (TPSA) is 51.2 Å². The fourth-order valence-electron chi connectivity index (χ4n) is 7.87. The quantitative estimate of drug-likeness (QED) is 0.719. The van der Waals surface area contributed by atoms with E-state index in [-0.39, 0.29) is 23.5 Å². The molecule has 0 N–H and O–H groups in total. The minimum absolute atomic E-state index is 0.0242. The predicted octanol–water partition coefficient (Wildman–Crippen LogP) is 2.11. The van der Waals surface area contributed by atoms with Crippen molar-refractivity contribution in [3.63, 3.8) is 0 Å². The van der Waals surface area contributed by atoms with Crippen molar-refractivity contribution in [2.45, 2.75) is 42.9 Å². The molecule has 1 aromatic rings. The maximum atomic E-state index is 13.5. The van der Waals surface area contributed by atoms with Gasteiger partial charge in [-0.05, 0) is 36.9 Å². The zero-order valence-electron chi connectivity index (χ0n) is 16.9. The molecule has 3 saturated heterocycles. The summed E-state index contributed by atoms with van der Waals surface area (Å²) in [5, 5.41) is 0. The van der Waals surface area contributed by atoms with E-state index in [2.05, 4.69) is 21.9 Å². The molecule has 6 heteroatoms. The summed E-state index contributed by atoms with van der Waals surface area (Å²) < 4.78 is 17.6. The maximum absolute atomic E-state index is 13.5. The second-order valence-corrected chi connectivity index (χ2v) is 9.48. The van der Waals surface area contributed by atoms with Gasteiger partial charge in [-0.3, -0.25) is 9.69 Å². The molecule has 0 unspecified atom stereocenters. The van der Waals surface area contributed by atoms with Crippen molar-refractivity contribution < 1.29 is 19.0 Å². The van der Waals surface area contributed by atoms with Crippen LogP contribution in [-0.4, -0.2) is 62.9 Å². The van der Waals surface area contributed by atoms with Crippen LogP contribution in [0, 0.1) is 11.8 Å². The lowest BCUT2D eigenvalue weighted by Gasteiger charge is -2.58. The van der Waals surface area contributed by atoms with Crippen molar-refractivity contribution in [3.05, 3.63) is 29.3 Å². The number of benzene rings is 1. The van der Waals surface area contributed by atoms with Gasteiger partial charge < -0.3 is 19.1 Å². The molecular weight excluding hydrogens is 368 g/mol. The molecule has 29 heavy (non-hydrogen) atoms. The van der Waals surface area contributed by atoms with Crippen molar-refractivity contribution in [1.82, 2.24) is 4.90 Å². The van der Waals surface area contributed by atoms with E-state index in [0.717, 1.165) is 30.9 Å². The third kappa shape index (κ3) is 1.76. The van der Waals surface area contributed by atoms with E-state index >= 15 is 0 Å². The summed E-state index contributed by atoms with van der Waals surface area (Å²) in [6, 6.07) is 4.87. The van der Waals surface area contributed by atoms with Gasteiger partial charge in [0.05, 0.1) is 45.1 Å². The standard InChI is InChI=1S/C23H26N2O4/c1-27-16-8-14-15(9-17(16)28-2)25-20(26)10-18-21-13-7-19-23(14,22(21)25)4-5-24(19)11-12(13)3-6-29-18/h3,8-9,13,18-19,21-22H,4-7,10-11H2,1-2H3/t13-,18+,19-,21-,22-,23-/m0/s1. The number of methoxy groups -OCH3 is 2. The zero-order valence-corrected chi connectivity index (χ0v) is 16.9. The Morgan fingerprint density at radius 3 is 2.86 bits per heavy atom. The third-order valence-electron chi connectivity index (χ3n) is 8.81. The maximum Gasteiger partial charge on any atom is 0.229 e. The highest BCUT2D eigenvalue weighted by Crippen LogP contribution is 2.66. The van der Waals surface area contributed by atoms with E-state index in [4.69, 9.17) is 14.2 Å². The Kier molecular flexibility index (Phi) is 3.08. The first-order valence-corrected chi connectivity index (χ1v) is 10.8. The van der Waals surface area contributed by atoms with Crippen LogP contribution in [0.2, 0.25) is 0 Å². The third-order valence-corrected chi connectivity index (χ3v) is 8.81. The van der Waals surface area contributed by atoms with Crippen molar-refractivity contribution in [2.24, 2.45) is 11.8 Å². The number of carbonyl (C=O) groups is 1. The number of amides is 1. The summed E-state index contributed by atoms with van der Waals surface area (Å²) in [7, 11) is 3.36. The van der Waals surface area contributed by atoms with E-state index in [1.807, 2.05) is 6.07 Å². The largest absolute Gasteiger partial charge is 0.493 e. The van der Waals surface area contributed by atoms with E-state index in [1.165, 1.54) is 12.0 Å². The molecule has 5 heterocycles. The molecule has 1 saturated carbocycles. The molecule has 6 aliphatic rings. The smallest absolute Gasteiger partial charge is 0.229 e. The van der Waals surface area contributed by atoms with Gasteiger partial charge in [0.25, 0.3) is 0 Å². The Labute approximate surface area is 170 Å². The van der Waals surface area contributed by atoms with Crippen molar-refractivity contribution >= 4 is 11.6 Å². The number of carbonyl (C=O) groups excluding carboxylic acids is 1. The molecule has 0 radical (unpaired) electrons. The minimum Gasteiger partial charge on any atom is -0.493 e. The molecular formula is C23H26N2O4. The molecule has 4 fully saturated rings. The number of ether oxygens (including phenoxy) is 3. The Morgan fingerprint density at radius 1 is 1.21 bits per heavy atom. The highest BCUT2D eigenvalue weighted by Gasteiger charge is 2.71. The SMILES string of the molecule is COc1cc2c(cc1OC)[C@]13CCN4CC5=CCO[C@@H]6CC(=O)N2[C@H]1[C@H]6[C@H]5C[C@H]43. The average molecular weight is 394 g/mol. The molecule has 1 amide bonds. The fraction of sp³-hybridized carbons (Fsp3) is 0.609. The Hall–Kier alpha value is -2.05. The van der Waals surface area contributed by atoms with Gasteiger partial charge in [-0.15, -0.1) is 0 Å². The Bertz CT molecular complexity index is 974. The van der Waals surface area contributed by atoms with E-state index in [0.29, 0.717) is 36.7 Å². The molecule has 2 bridgehead atoms. The number of fused-ring (bicyclic) bond motifs is 2. The van der Waals surface area contributed by atoms with Crippen LogP contribution in [0.4, 0.5) is 5.69 Å². The summed E-state index contributed by atoms with van der Waals surface area (Å²) in [6.07, 6.45) is 5.11. The molecule has 152 valence electrons. The average Bonchev–Trinajstić information content (AvgIpc) is 3.20. The second-order valence-electron chi connectivity index (χ2n) is 9.48. The molecule has 6 atom stereocenters. The van der Waals surface area contributed by atoms with Gasteiger partial charge in [-0.25, -0.2) is 0 Å². The molecule has 0 aromatic heterocycles. The lowest BCUT2D eigenvalue weighted by atomic mass is 9.53. The second kappa shape index (κ2) is 5.35. The van der Waals surface area contributed by atoms with Crippen LogP contribution in [-0.2, 0) is 14.9 Å². The number of rotatable bonds is 2. The van der Waals surface area contributed by atoms with E-state index < -0.39 is 0 Å². The normalized spacial score (nSPS) is 41.0. The minimum atomic E-state index is -0.0242. The fourth-order valence-corrected chi connectivity index (χ4v) is 7.87. The lowest BCUT2D eigenvalue weighted by molar-refractivity contribution is -0.132. The lowest BCUT2D eigenvalue weighted by Crippen LogP contribution is -2.69. The summed E-state index contributed by atoms with van der Waals surface area (Å²) in [4.78, 5) is 18.3. The number of piperidine rings is 2. The first-order valence-electron chi connectivity index (χ1n) is 10.8. The first-order chi connectivity index (χ1) is 14.2. The number of anilines is 1. The van der Waals surface area contributed by atoms with Gasteiger partial charge in [0, 0.05) is 30.0 Å². The molecule has 7 rings (SSSR count). The summed E-state index contributed by atoms with van der Waals surface area (Å²) in [5.74, 6) is 2.57. The number of hydrogen-bond acceptors (Lipinski definition) is 5.